The van der Waals surface area contributed by atoms with Gasteiger partial charge in [-0.1, -0.05) is 0 Å². The van der Waals surface area contributed by atoms with E-state index in [4.69, 9.17) is 0 Å². The summed E-state index contributed by atoms with van der Waals surface area (Å²) >= 11 is 0. The minimum Gasteiger partial charge on any atom is -0.320 e. The van der Waals surface area contributed by atoms with Crippen LogP contribution in [-0.2, 0) is 0 Å². The summed E-state index contributed by atoms with van der Waals surface area (Å²) in [5, 5.41) is 3.26. The second-order valence-corrected chi connectivity index (χ2v) is 6.14. The molecule has 2 atom stereocenters. The molecule has 3 nitrogen and oxygen atoms in total. The van der Waals surface area contributed by atoms with Gasteiger partial charge >= 0.3 is 0 Å². The summed E-state index contributed by atoms with van der Waals surface area (Å²) in [6, 6.07) is 1.35. The van der Waals surface area contributed by atoms with Crippen molar-refractivity contribution in [3.63, 3.8) is 0 Å². The molecule has 1 N–H and O–H groups in total. The molecule has 0 amide bonds. The van der Waals surface area contributed by atoms with Crippen LogP contribution in [0.3, 0.4) is 0 Å². The van der Waals surface area contributed by atoms with Crippen LogP contribution in [0, 0.1) is 0 Å². The highest BCUT2D eigenvalue weighted by molar-refractivity contribution is 4.90. The molecule has 0 aromatic carbocycles. The van der Waals surface area contributed by atoms with E-state index in [0.29, 0.717) is 17.6 Å². The third kappa shape index (κ3) is 3.44. The van der Waals surface area contributed by atoms with Crippen molar-refractivity contribution in [1.29, 1.82) is 0 Å². The van der Waals surface area contributed by atoms with Crippen molar-refractivity contribution in [3.8, 4) is 0 Å². The first kappa shape index (κ1) is 13.9. The summed E-state index contributed by atoms with van der Waals surface area (Å²) < 4.78 is 0. The first-order valence-electron chi connectivity index (χ1n) is 6.48. The van der Waals surface area contributed by atoms with E-state index < -0.39 is 0 Å². The molecule has 0 aromatic rings. The third-order valence-electron chi connectivity index (χ3n) is 3.86. The van der Waals surface area contributed by atoms with Crippen molar-refractivity contribution in [2.24, 2.45) is 0 Å². The molecular formula is C13H29N3. The number of hydrogen-bond acceptors (Lipinski definition) is 3. The van der Waals surface area contributed by atoms with Gasteiger partial charge in [-0.2, -0.15) is 0 Å². The molecule has 2 unspecified atom stereocenters. The molecule has 3 heteroatoms. The van der Waals surface area contributed by atoms with E-state index in [2.05, 4.69) is 49.9 Å². The minimum absolute atomic E-state index is 0.299. The highest BCUT2D eigenvalue weighted by Gasteiger charge is 2.33. The number of rotatable bonds is 3. The second-order valence-electron chi connectivity index (χ2n) is 6.14. The Hall–Kier alpha value is -0.120. The number of hydrogen-bond donors (Lipinski definition) is 1. The van der Waals surface area contributed by atoms with E-state index in [-0.39, 0.29) is 0 Å². The van der Waals surface area contributed by atoms with Crippen LogP contribution < -0.4 is 5.32 Å². The van der Waals surface area contributed by atoms with Crippen LogP contribution in [0.1, 0.15) is 34.1 Å². The third-order valence-corrected chi connectivity index (χ3v) is 3.86. The lowest BCUT2D eigenvalue weighted by atomic mass is 9.98. The smallest absolute Gasteiger partial charge is 0.0235 e. The fraction of sp³-hybridized carbons (Fsp3) is 1.00. The normalized spacial score (nSPS) is 29.6. The maximum Gasteiger partial charge on any atom is 0.0235 e. The maximum absolute atomic E-state index is 3.26. The van der Waals surface area contributed by atoms with Crippen molar-refractivity contribution >= 4 is 0 Å². The summed E-state index contributed by atoms with van der Waals surface area (Å²) in [7, 11) is 4.30. The van der Waals surface area contributed by atoms with Crippen LogP contribution in [0.25, 0.3) is 0 Å². The largest absolute Gasteiger partial charge is 0.320 e. The Bertz CT molecular complexity index is 210. The summed E-state index contributed by atoms with van der Waals surface area (Å²) in [5.41, 5.74) is 0.299. The Morgan fingerprint density at radius 3 is 2.38 bits per heavy atom. The SMILES string of the molecule is CNCCC1CN(C(C)(C)C)CC(C)N1C. The quantitative estimate of drug-likeness (QED) is 0.786. The Labute approximate surface area is 101 Å². The van der Waals surface area contributed by atoms with E-state index in [1.807, 2.05) is 7.05 Å². The monoisotopic (exact) mass is 227 g/mol. The lowest BCUT2D eigenvalue weighted by Gasteiger charge is -2.49. The fourth-order valence-electron chi connectivity index (χ4n) is 2.42. The van der Waals surface area contributed by atoms with Gasteiger partial charge in [0.15, 0.2) is 0 Å². The molecule has 0 saturated carbocycles. The number of nitrogens with zero attached hydrogens (tertiary/aromatic N) is 2. The van der Waals surface area contributed by atoms with Gasteiger partial charge in [0, 0.05) is 30.7 Å². The topological polar surface area (TPSA) is 18.5 Å². The van der Waals surface area contributed by atoms with Gasteiger partial charge in [-0.25, -0.2) is 0 Å². The zero-order chi connectivity index (χ0) is 12.3. The number of nitrogens with one attached hydrogen (secondary N) is 1. The van der Waals surface area contributed by atoms with Crippen molar-refractivity contribution < 1.29 is 0 Å². The molecule has 0 aromatic heterocycles. The van der Waals surface area contributed by atoms with E-state index in [9.17, 15) is 0 Å². The van der Waals surface area contributed by atoms with E-state index >= 15 is 0 Å². The molecule has 0 radical (unpaired) electrons. The van der Waals surface area contributed by atoms with Crippen molar-refractivity contribution in [3.05, 3.63) is 0 Å². The highest BCUT2D eigenvalue weighted by Crippen LogP contribution is 2.23. The van der Waals surface area contributed by atoms with E-state index in [0.717, 1.165) is 6.54 Å². The molecule has 1 aliphatic rings. The highest BCUT2D eigenvalue weighted by atomic mass is 15.3. The summed E-state index contributed by atoms with van der Waals surface area (Å²) in [6.45, 7) is 12.8. The Kier molecular flexibility index (Phi) is 4.77. The van der Waals surface area contributed by atoms with Gasteiger partial charge in [-0.3, -0.25) is 9.80 Å². The van der Waals surface area contributed by atoms with Gasteiger partial charge in [0.1, 0.15) is 0 Å². The molecule has 1 heterocycles. The predicted molar refractivity (Wildman–Crippen MR) is 70.9 cm³/mol. The maximum atomic E-state index is 3.26. The van der Waals surface area contributed by atoms with Crippen LogP contribution in [0.4, 0.5) is 0 Å². The molecule has 16 heavy (non-hydrogen) atoms. The van der Waals surface area contributed by atoms with E-state index in [1.165, 1.54) is 19.5 Å². The van der Waals surface area contributed by atoms with Crippen LogP contribution >= 0.6 is 0 Å². The molecular weight excluding hydrogens is 198 g/mol. The lowest BCUT2D eigenvalue weighted by Crippen LogP contribution is -2.60. The van der Waals surface area contributed by atoms with Gasteiger partial charge < -0.3 is 5.32 Å². The molecule has 0 spiro atoms. The van der Waals surface area contributed by atoms with Gasteiger partial charge in [0.2, 0.25) is 0 Å². The van der Waals surface area contributed by atoms with Gasteiger partial charge in [-0.05, 0) is 54.8 Å². The fourth-order valence-corrected chi connectivity index (χ4v) is 2.42. The molecule has 96 valence electrons. The Morgan fingerprint density at radius 1 is 1.25 bits per heavy atom. The average molecular weight is 227 g/mol. The van der Waals surface area contributed by atoms with Crippen LogP contribution in [0.5, 0.6) is 0 Å². The van der Waals surface area contributed by atoms with Crippen LogP contribution in [0.15, 0.2) is 0 Å². The Morgan fingerprint density at radius 2 is 1.88 bits per heavy atom. The summed E-state index contributed by atoms with van der Waals surface area (Å²) in [6.07, 6.45) is 1.24. The second kappa shape index (κ2) is 5.48. The van der Waals surface area contributed by atoms with Gasteiger partial charge in [0.05, 0.1) is 0 Å². The van der Waals surface area contributed by atoms with Crippen LogP contribution in [-0.4, -0.2) is 61.2 Å². The molecule has 0 aliphatic carbocycles. The van der Waals surface area contributed by atoms with E-state index in [1.54, 1.807) is 0 Å². The Balaban J connectivity index is 2.62. The van der Waals surface area contributed by atoms with Gasteiger partial charge in [-0.15, -0.1) is 0 Å². The molecule has 1 aliphatic heterocycles. The molecule has 1 saturated heterocycles. The van der Waals surface area contributed by atoms with Gasteiger partial charge in [0.25, 0.3) is 0 Å². The predicted octanol–water partition coefficient (Wildman–Crippen LogP) is 1.40. The standard InChI is InChI=1S/C13H29N3/c1-11-9-16(13(2,3)4)10-12(15(11)6)7-8-14-5/h11-12,14H,7-10H2,1-6H3. The minimum atomic E-state index is 0.299. The zero-order valence-electron chi connectivity index (χ0n) is 11.9. The zero-order valence-corrected chi connectivity index (χ0v) is 11.9. The number of likely N-dealkylation sites (N-methyl/N-ethyl adjacent to an activating group) is 1. The first-order valence-corrected chi connectivity index (χ1v) is 6.48. The molecule has 0 bridgehead atoms. The lowest BCUT2D eigenvalue weighted by molar-refractivity contribution is 0.000184. The molecule has 1 fully saturated rings. The van der Waals surface area contributed by atoms with Crippen molar-refractivity contribution in [1.82, 2.24) is 15.1 Å². The summed E-state index contributed by atoms with van der Waals surface area (Å²) in [4.78, 5) is 5.16. The molecule has 1 rings (SSSR count). The number of piperazine rings is 1. The van der Waals surface area contributed by atoms with Crippen molar-refractivity contribution in [2.75, 3.05) is 33.7 Å². The first-order chi connectivity index (χ1) is 7.36. The average Bonchev–Trinajstić information content (AvgIpc) is 2.18. The van der Waals surface area contributed by atoms with Crippen LogP contribution in [0.2, 0.25) is 0 Å². The van der Waals surface area contributed by atoms with Crippen molar-refractivity contribution in [2.45, 2.75) is 51.7 Å². The summed E-state index contributed by atoms with van der Waals surface area (Å²) in [5.74, 6) is 0.